The van der Waals surface area contributed by atoms with Gasteiger partial charge in [0.15, 0.2) is 0 Å². The first-order valence-electron chi connectivity index (χ1n) is 8.52. The lowest BCUT2D eigenvalue weighted by atomic mass is 10.2. The SMILES string of the molecule is COc1cccc(-n2c(C)c3cnn(-c4ccccc4Cl)c(=O)c3c2C)c1. The van der Waals surface area contributed by atoms with E-state index in [1.165, 1.54) is 4.68 Å². The third-order valence-corrected chi connectivity index (χ3v) is 5.11. The van der Waals surface area contributed by atoms with E-state index in [1.54, 1.807) is 25.4 Å². The van der Waals surface area contributed by atoms with Crippen molar-refractivity contribution in [3.05, 3.63) is 81.5 Å². The zero-order valence-corrected chi connectivity index (χ0v) is 16.0. The fourth-order valence-electron chi connectivity index (χ4n) is 3.49. The second kappa shape index (κ2) is 6.59. The molecule has 2 heterocycles. The maximum atomic E-state index is 13.2. The van der Waals surface area contributed by atoms with Gasteiger partial charge in [0.1, 0.15) is 5.75 Å². The lowest BCUT2D eigenvalue weighted by Gasteiger charge is -2.10. The minimum absolute atomic E-state index is 0.192. The van der Waals surface area contributed by atoms with Crippen molar-refractivity contribution < 1.29 is 4.74 Å². The molecule has 0 saturated heterocycles. The Morgan fingerprint density at radius 3 is 2.56 bits per heavy atom. The van der Waals surface area contributed by atoms with Crippen LogP contribution in [0.25, 0.3) is 22.1 Å². The molecule has 136 valence electrons. The number of nitrogens with zero attached hydrogens (tertiary/aromatic N) is 3. The first kappa shape index (κ1) is 17.4. The maximum Gasteiger partial charge on any atom is 0.281 e. The van der Waals surface area contributed by atoms with Crippen molar-refractivity contribution >= 4 is 22.4 Å². The highest BCUT2D eigenvalue weighted by molar-refractivity contribution is 6.32. The Labute approximate surface area is 161 Å². The highest BCUT2D eigenvalue weighted by Crippen LogP contribution is 2.28. The molecule has 0 fully saturated rings. The standard InChI is InChI=1S/C21H18ClN3O2/c1-13-17-12-23-25(19-10-5-4-9-18(19)22)21(26)20(17)14(2)24(13)15-7-6-8-16(11-15)27-3/h4-12H,1-3H3. The Bertz CT molecular complexity index is 1220. The number of aryl methyl sites for hydroxylation is 2. The summed E-state index contributed by atoms with van der Waals surface area (Å²) in [5.74, 6) is 0.760. The molecule has 0 spiro atoms. The van der Waals surface area contributed by atoms with Gasteiger partial charge in [0.05, 0.1) is 29.4 Å². The number of fused-ring (bicyclic) bond motifs is 1. The summed E-state index contributed by atoms with van der Waals surface area (Å²) >= 11 is 6.27. The summed E-state index contributed by atoms with van der Waals surface area (Å²) in [5.41, 5.74) is 3.11. The van der Waals surface area contributed by atoms with Crippen LogP contribution in [0.2, 0.25) is 5.02 Å². The monoisotopic (exact) mass is 379 g/mol. The fourth-order valence-corrected chi connectivity index (χ4v) is 3.71. The van der Waals surface area contributed by atoms with Crippen molar-refractivity contribution in [3.8, 4) is 17.1 Å². The molecule has 6 heteroatoms. The molecular formula is C21H18ClN3O2. The van der Waals surface area contributed by atoms with Crippen LogP contribution in [-0.2, 0) is 0 Å². The number of benzene rings is 2. The summed E-state index contributed by atoms with van der Waals surface area (Å²) in [6.45, 7) is 3.92. The van der Waals surface area contributed by atoms with Crippen LogP contribution >= 0.6 is 11.6 Å². The molecule has 27 heavy (non-hydrogen) atoms. The van der Waals surface area contributed by atoms with E-state index in [0.29, 0.717) is 16.1 Å². The van der Waals surface area contributed by atoms with E-state index < -0.39 is 0 Å². The molecule has 2 aromatic heterocycles. The van der Waals surface area contributed by atoms with Crippen molar-refractivity contribution in [1.82, 2.24) is 14.3 Å². The third kappa shape index (κ3) is 2.71. The van der Waals surface area contributed by atoms with Gasteiger partial charge in [0.25, 0.3) is 5.56 Å². The molecule has 0 amide bonds. The van der Waals surface area contributed by atoms with Gasteiger partial charge in [-0.1, -0.05) is 29.8 Å². The van der Waals surface area contributed by atoms with Crippen LogP contribution in [0.15, 0.2) is 59.5 Å². The average Bonchev–Trinajstić information content (AvgIpc) is 2.94. The molecule has 0 unspecified atom stereocenters. The first-order valence-corrected chi connectivity index (χ1v) is 8.90. The van der Waals surface area contributed by atoms with E-state index in [2.05, 4.69) is 5.10 Å². The Kier molecular flexibility index (Phi) is 4.24. The van der Waals surface area contributed by atoms with E-state index in [1.807, 2.05) is 54.8 Å². The van der Waals surface area contributed by atoms with Gasteiger partial charge in [-0.15, -0.1) is 0 Å². The molecule has 2 aromatic carbocycles. The fraction of sp³-hybridized carbons (Fsp3) is 0.143. The highest BCUT2D eigenvalue weighted by Gasteiger charge is 2.18. The van der Waals surface area contributed by atoms with Crippen LogP contribution in [0.3, 0.4) is 0 Å². The van der Waals surface area contributed by atoms with Gasteiger partial charge in [0, 0.05) is 28.5 Å². The maximum absolute atomic E-state index is 13.2. The zero-order valence-electron chi connectivity index (χ0n) is 15.2. The van der Waals surface area contributed by atoms with Gasteiger partial charge < -0.3 is 9.30 Å². The van der Waals surface area contributed by atoms with Crippen LogP contribution in [-0.4, -0.2) is 21.5 Å². The predicted molar refractivity (Wildman–Crippen MR) is 108 cm³/mol. The molecule has 4 aromatic rings. The summed E-state index contributed by atoms with van der Waals surface area (Å²) in [6.07, 6.45) is 1.72. The van der Waals surface area contributed by atoms with Crippen LogP contribution in [0.5, 0.6) is 5.75 Å². The Morgan fingerprint density at radius 1 is 1.04 bits per heavy atom. The largest absolute Gasteiger partial charge is 0.497 e. The molecule has 0 aliphatic heterocycles. The van der Waals surface area contributed by atoms with Crippen molar-refractivity contribution in [2.75, 3.05) is 7.11 Å². The number of hydrogen-bond donors (Lipinski definition) is 0. The Balaban J connectivity index is 2.01. The number of aromatic nitrogens is 3. The van der Waals surface area contributed by atoms with Crippen molar-refractivity contribution in [2.45, 2.75) is 13.8 Å². The van der Waals surface area contributed by atoms with Gasteiger partial charge >= 0.3 is 0 Å². The molecule has 0 atom stereocenters. The lowest BCUT2D eigenvalue weighted by molar-refractivity contribution is 0.414. The Hall–Kier alpha value is -3.05. The molecule has 0 N–H and O–H groups in total. The second-order valence-corrected chi connectivity index (χ2v) is 6.72. The van der Waals surface area contributed by atoms with Crippen LogP contribution in [0, 0.1) is 13.8 Å². The van der Waals surface area contributed by atoms with Crippen LogP contribution in [0.1, 0.15) is 11.4 Å². The second-order valence-electron chi connectivity index (χ2n) is 6.31. The Morgan fingerprint density at radius 2 is 1.81 bits per heavy atom. The quantitative estimate of drug-likeness (QED) is 0.528. The van der Waals surface area contributed by atoms with Crippen molar-refractivity contribution in [3.63, 3.8) is 0 Å². The normalized spacial score (nSPS) is 11.1. The number of methoxy groups -OCH3 is 1. The van der Waals surface area contributed by atoms with E-state index in [9.17, 15) is 4.79 Å². The molecule has 0 aliphatic carbocycles. The smallest absolute Gasteiger partial charge is 0.281 e. The summed E-state index contributed by atoms with van der Waals surface area (Å²) in [5, 5.41) is 6.29. The molecule has 0 saturated carbocycles. The summed E-state index contributed by atoms with van der Waals surface area (Å²) in [7, 11) is 1.64. The van der Waals surface area contributed by atoms with Crippen LogP contribution < -0.4 is 10.3 Å². The van der Waals surface area contributed by atoms with Gasteiger partial charge in [0.2, 0.25) is 0 Å². The van der Waals surface area contributed by atoms with Gasteiger partial charge in [-0.25, -0.2) is 0 Å². The van der Waals surface area contributed by atoms with Crippen molar-refractivity contribution in [1.29, 1.82) is 0 Å². The minimum atomic E-state index is -0.192. The molecule has 4 rings (SSSR count). The first-order chi connectivity index (χ1) is 13.0. The van der Waals surface area contributed by atoms with Crippen LogP contribution in [0.4, 0.5) is 0 Å². The zero-order chi connectivity index (χ0) is 19.1. The topological polar surface area (TPSA) is 49.0 Å². The predicted octanol–water partition coefficient (Wildman–Crippen LogP) is 4.46. The van der Waals surface area contributed by atoms with E-state index in [4.69, 9.17) is 16.3 Å². The van der Waals surface area contributed by atoms with Crippen molar-refractivity contribution in [2.24, 2.45) is 0 Å². The van der Waals surface area contributed by atoms with E-state index in [0.717, 1.165) is 28.2 Å². The lowest BCUT2D eigenvalue weighted by Crippen LogP contribution is -2.21. The minimum Gasteiger partial charge on any atom is -0.497 e. The molecular weight excluding hydrogens is 362 g/mol. The van der Waals surface area contributed by atoms with E-state index in [-0.39, 0.29) is 5.56 Å². The molecule has 0 bridgehead atoms. The van der Waals surface area contributed by atoms with Gasteiger partial charge in [-0.05, 0) is 38.1 Å². The molecule has 0 aliphatic rings. The number of para-hydroxylation sites is 1. The van der Waals surface area contributed by atoms with E-state index >= 15 is 0 Å². The summed E-state index contributed by atoms with van der Waals surface area (Å²) < 4.78 is 8.74. The number of ether oxygens (including phenoxy) is 1. The molecule has 0 radical (unpaired) electrons. The average molecular weight is 380 g/mol. The number of halogens is 1. The highest BCUT2D eigenvalue weighted by atomic mass is 35.5. The third-order valence-electron chi connectivity index (χ3n) is 4.79. The summed E-state index contributed by atoms with van der Waals surface area (Å²) in [4.78, 5) is 13.2. The van der Waals surface area contributed by atoms with Gasteiger partial charge in [-0.2, -0.15) is 9.78 Å². The summed E-state index contributed by atoms with van der Waals surface area (Å²) in [6, 6.07) is 14.9. The van der Waals surface area contributed by atoms with Gasteiger partial charge in [-0.3, -0.25) is 4.79 Å². The number of rotatable bonds is 3. The number of hydrogen-bond acceptors (Lipinski definition) is 3. The molecule has 5 nitrogen and oxygen atoms in total.